The van der Waals surface area contributed by atoms with Gasteiger partial charge < -0.3 is 9.84 Å². The topological polar surface area (TPSA) is 46.5 Å². The van der Waals surface area contributed by atoms with Gasteiger partial charge in [0.05, 0.1) is 0 Å². The first kappa shape index (κ1) is 11.7. The molecule has 0 unspecified atom stereocenters. The number of Topliss-reactive ketones (excluding diaryl/α,β-unsaturated/α-hetero) is 1. The second-order valence-electron chi connectivity index (χ2n) is 3.98. The van der Waals surface area contributed by atoms with E-state index in [4.69, 9.17) is 4.74 Å². The standard InChI is InChI=1S/C12H16O3/c1-12(2,15-3)11(14)8-9-5-4-6-10(13)7-9/h4-7,13H,8H2,1-3H3. The van der Waals surface area contributed by atoms with Crippen molar-refractivity contribution in [3.8, 4) is 5.75 Å². The molecular weight excluding hydrogens is 192 g/mol. The highest BCUT2D eigenvalue weighted by molar-refractivity contribution is 5.88. The summed E-state index contributed by atoms with van der Waals surface area (Å²) in [7, 11) is 1.51. The van der Waals surface area contributed by atoms with Gasteiger partial charge in [0.15, 0.2) is 5.78 Å². The maximum absolute atomic E-state index is 11.8. The predicted octanol–water partition coefficient (Wildman–Crippen LogP) is 1.93. The van der Waals surface area contributed by atoms with Gasteiger partial charge in [-0.2, -0.15) is 0 Å². The fourth-order valence-electron chi connectivity index (χ4n) is 1.18. The van der Waals surface area contributed by atoms with Crippen molar-refractivity contribution in [2.24, 2.45) is 0 Å². The second-order valence-corrected chi connectivity index (χ2v) is 3.98. The van der Waals surface area contributed by atoms with Crippen molar-refractivity contribution in [2.75, 3.05) is 7.11 Å². The van der Waals surface area contributed by atoms with E-state index in [0.29, 0.717) is 0 Å². The van der Waals surface area contributed by atoms with Crippen LogP contribution in [0.5, 0.6) is 5.75 Å². The zero-order chi connectivity index (χ0) is 11.5. The lowest BCUT2D eigenvalue weighted by atomic mass is 9.97. The number of ether oxygens (including phenoxy) is 1. The highest BCUT2D eigenvalue weighted by Crippen LogP contribution is 2.16. The molecule has 0 fully saturated rings. The molecule has 0 saturated carbocycles. The van der Waals surface area contributed by atoms with Crippen LogP contribution in [0.4, 0.5) is 0 Å². The summed E-state index contributed by atoms with van der Waals surface area (Å²) in [5, 5.41) is 9.24. The normalized spacial score (nSPS) is 11.4. The van der Waals surface area contributed by atoms with Gasteiger partial charge in [-0.15, -0.1) is 0 Å². The minimum Gasteiger partial charge on any atom is -0.508 e. The van der Waals surface area contributed by atoms with E-state index in [0.717, 1.165) is 5.56 Å². The Hall–Kier alpha value is -1.35. The van der Waals surface area contributed by atoms with Crippen molar-refractivity contribution in [1.29, 1.82) is 0 Å². The number of rotatable bonds is 4. The number of aromatic hydroxyl groups is 1. The Labute approximate surface area is 89.7 Å². The van der Waals surface area contributed by atoms with Gasteiger partial charge >= 0.3 is 0 Å². The molecule has 0 aliphatic rings. The molecule has 0 spiro atoms. The molecule has 15 heavy (non-hydrogen) atoms. The van der Waals surface area contributed by atoms with Gasteiger partial charge in [0.2, 0.25) is 0 Å². The maximum atomic E-state index is 11.8. The van der Waals surface area contributed by atoms with Crippen LogP contribution in [0.15, 0.2) is 24.3 Å². The summed E-state index contributed by atoms with van der Waals surface area (Å²) < 4.78 is 5.09. The van der Waals surface area contributed by atoms with E-state index in [1.165, 1.54) is 7.11 Å². The molecule has 0 saturated heterocycles. The minimum atomic E-state index is -0.772. The number of hydrogen-bond donors (Lipinski definition) is 1. The SMILES string of the molecule is COC(C)(C)C(=O)Cc1cccc(O)c1. The Balaban J connectivity index is 2.75. The number of phenols is 1. The van der Waals surface area contributed by atoms with Crippen molar-refractivity contribution in [2.45, 2.75) is 25.9 Å². The van der Waals surface area contributed by atoms with E-state index in [-0.39, 0.29) is 18.0 Å². The van der Waals surface area contributed by atoms with E-state index in [9.17, 15) is 9.90 Å². The van der Waals surface area contributed by atoms with Gasteiger partial charge in [0.1, 0.15) is 11.4 Å². The third-order valence-electron chi connectivity index (χ3n) is 2.46. The van der Waals surface area contributed by atoms with Crippen LogP contribution in [0.1, 0.15) is 19.4 Å². The summed E-state index contributed by atoms with van der Waals surface area (Å²) in [6.45, 7) is 3.47. The number of carbonyl (C=O) groups is 1. The first-order chi connectivity index (χ1) is 6.95. The molecule has 1 rings (SSSR count). The average Bonchev–Trinajstić information content (AvgIpc) is 2.17. The van der Waals surface area contributed by atoms with Crippen molar-refractivity contribution in [3.63, 3.8) is 0 Å². The van der Waals surface area contributed by atoms with E-state index in [2.05, 4.69) is 0 Å². The molecule has 1 N–H and O–H groups in total. The fourth-order valence-corrected chi connectivity index (χ4v) is 1.18. The van der Waals surface area contributed by atoms with Gasteiger partial charge in [-0.05, 0) is 31.5 Å². The van der Waals surface area contributed by atoms with Gasteiger partial charge in [0.25, 0.3) is 0 Å². The number of phenolic OH excluding ortho intramolecular Hbond substituents is 1. The van der Waals surface area contributed by atoms with E-state index < -0.39 is 5.60 Å². The van der Waals surface area contributed by atoms with Gasteiger partial charge in [-0.3, -0.25) is 4.79 Å². The number of benzene rings is 1. The number of methoxy groups -OCH3 is 1. The predicted molar refractivity (Wildman–Crippen MR) is 57.9 cm³/mol. The third kappa shape index (κ3) is 3.06. The highest BCUT2D eigenvalue weighted by atomic mass is 16.5. The Bertz CT molecular complexity index is 356. The van der Waals surface area contributed by atoms with Crippen LogP contribution in [-0.4, -0.2) is 23.6 Å². The number of hydrogen-bond acceptors (Lipinski definition) is 3. The summed E-state index contributed by atoms with van der Waals surface area (Å²) in [6, 6.07) is 6.69. The molecule has 0 aromatic heterocycles. The van der Waals surface area contributed by atoms with Gasteiger partial charge in [0, 0.05) is 13.5 Å². The molecule has 82 valence electrons. The van der Waals surface area contributed by atoms with Crippen LogP contribution in [0, 0.1) is 0 Å². The molecule has 0 aliphatic carbocycles. The Morgan fingerprint density at radius 2 is 2.13 bits per heavy atom. The van der Waals surface area contributed by atoms with Crippen LogP contribution < -0.4 is 0 Å². The molecule has 0 radical (unpaired) electrons. The molecule has 0 bridgehead atoms. The molecule has 1 aromatic rings. The van der Waals surface area contributed by atoms with Gasteiger partial charge in [-0.25, -0.2) is 0 Å². The molecule has 3 heteroatoms. The number of carbonyl (C=O) groups excluding carboxylic acids is 1. The fraction of sp³-hybridized carbons (Fsp3) is 0.417. The Morgan fingerprint density at radius 1 is 1.47 bits per heavy atom. The monoisotopic (exact) mass is 208 g/mol. The average molecular weight is 208 g/mol. The highest BCUT2D eigenvalue weighted by Gasteiger charge is 2.26. The molecule has 1 aromatic carbocycles. The lowest BCUT2D eigenvalue weighted by Gasteiger charge is -2.21. The maximum Gasteiger partial charge on any atom is 0.168 e. The second kappa shape index (κ2) is 4.45. The van der Waals surface area contributed by atoms with Crippen molar-refractivity contribution >= 4 is 5.78 Å². The summed E-state index contributed by atoms with van der Waals surface area (Å²) >= 11 is 0. The zero-order valence-corrected chi connectivity index (χ0v) is 9.28. The van der Waals surface area contributed by atoms with E-state index >= 15 is 0 Å². The van der Waals surface area contributed by atoms with Crippen LogP contribution in [0.2, 0.25) is 0 Å². The molecule has 0 atom stereocenters. The quantitative estimate of drug-likeness (QED) is 0.822. The molecule has 3 nitrogen and oxygen atoms in total. The Kier molecular flexibility index (Phi) is 3.48. The van der Waals surface area contributed by atoms with E-state index in [1.807, 2.05) is 6.07 Å². The van der Waals surface area contributed by atoms with Crippen LogP contribution in [-0.2, 0) is 16.0 Å². The first-order valence-corrected chi connectivity index (χ1v) is 4.82. The lowest BCUT2D eigenvalue weighted by molar-refractivity contribution is -0.136. The van der Waals surface area contributed by atoms with Crippen molar-refractivity contribution < 1.29 is 14.6 Å². The summed E-state index contributed by atoms with van der Waals surface area (Å²) in [5.74, 6) is 0.172. The van der Waals surface area contributed by atoms with Crippen LogP contribution in [0.25, 0.3) is 0 Å². The molecule has 0 amide bonds. The first-order valence-electron chi connectivity index (χ1n) is 4.82. The summed E-state index contributed by atoms with van der Waals surface area (Å²) in [4.78, 5) is 11.8. The smallest absolute Gasteiger partial charge is 0.168 e. The molecular formula is C12H16O3. The molecule has 0 heterocycles. The largest absolute Gasteiger partial charge is 0.508 e. The van der Waals surface area contributed by atoms with Crippen LogP contribution in [0.3, 0.4) is 0 Å². The third-order valence-corrected chi connectivity index (χ3v) is 2.46. The summed E-state index contributed by atoms with van der Waals surface area (Å²) in [5.41, 5.74) is 0.0241. The number of ketones is 1. The van der Waals surface area contributed by atoms with Gasteiger partial charge in [-0.1, -0.05) is 12.1 Å². The van der Waals surface area contributed by atoms with E-state index in [1.54, 1.807) is 32.0 Å². The molecule has 0 aliphatic heterocycles. The lowest BCUT2D eigenvalue weighted by Crippen LogP contribution is -2.35. The van der Waals surface area contributed by atoms with Crippen LogP contribution >= 0.6 is 0 Å². The summed E-state index contributed by atoms with van der Waals surface area (Å²) in [6.07, 6.45) is 0.273. The van der Waals surface area contributed by atoms with Crippen molar-refractivity contribution in [3.05, 3.63) is 29.8 Å². The Morgan fingerprint density at radius 3 is 2.67 bits per heavy atom. The minimum absolute atomic E-state index is 0.00407. The zero-order valence-electron chi connectivity index (χ0n) is 9.28. The van der Waals surface area contributed by atoms with Crippen molar-refractivity contribution in [1.82, 2.24) is 0 Å².